The Hall–Kier alpha value is -2.43. The minimum Gasteiger partial charge on any atom is -0.312 e. The topological polar surface area (TPSA) is 96.8 Å². The number of nitriles is 1. The second-order valence-corrected chi connectivity index (χ2v) is 5.66. The van der Waals surface area contributed by atoms with Gasteiger partial charge in [-0.2, -0.15) is 10.4 Å². The fourth-order valence-electron chi connectivity index (χ4n) is 2.79. The van der Waals surface area contributed by atoms with Crippen LogP contribution in [0.5, 0.6) is 0 Å². The summed E-state index contributed by atoms with van der Waals surface area (Å²) in [6.45, 7) is 1.98. The highest BCUT2D eigenvalue weighted by Gasteiger charge is 2.24. The van der Waals surface area contributed by atoms with Crippen LogP contribution in [-0.2, 0) is 19.5 Å². The third-order valence-corrected chi connectivity index (χ3v) is 4.19. The average Bonchev–Trinajstić information content (AvgIpc) is 2.92. The van der Waals surface area contributed by atoms with Crippen LogP contribution in [0.1, 0.15) is 17.7 Å². The number of aryl methyl sites for hydroxylation is 1. The van der Waals surface area contributed by atoms with Crippen LogP contribution in [0.3, 0.4) is 0 Å². The van der Waals surface area contributed by atoms with Crippen molar-refractivity contribution in [2.45, 2.75) is 25.9 Å². The first-order valence-electron chi connectivity index (χ1n) is 7.22. The molecule has 3 rings (SSSR count). The number of hydrogen-bond acceptors (Lipinski definition) is 5. The maximum Gasteiger partial charge on any atom is 0.270 e. The standard InChI is InChI=1S/C15H14ClN5O2/c16-13-3-2-10(21(22)23)8-11(13)15-12-9-18-6-4-14(12)20(19-15)7-1-5-17/h2-3,8,18H,1,4,6-7,9H2. The maximum absolute atomic E-state index is 11.0. The molecule has 0 amide bonds. The van der Waals surface area contributed by atoms with Gasteiger partial charge in [-0.05, 0) is 6.07 Å². The van der Waals surface area contributed by atoms with Crippen LogP contribution in [-0.4, -0.2) is 21.2 Å². The van der Waals surface area contributed by atoms with Gasteiger partial charge in [0, 0.05) is 48.5 Å². The van der Waals surface area contributed by atoms with Crippen LogP contribution >= 0.6 is 11.6 Å². The normalized spacial score (nSPS) is 13.4. The Balaban J connectivity index is 2.13. The quantitative estimate of drug-likeness (QED) is 0.686. The van der Waals surface area contributed by atoms with Gasteiger partial charge < -0.3 is 5.32 Å². The van der Waals surface area contributed by atoms with E-state index in [-0.39, 0.29) is 5.69 Å². The number of halogens is 1. The number of nitro benzene ring substituents is 1. The highest BCUT2D eigenvalue weighted by atomic mass is 35.5. The summed E-state index contributed by atoms with van der Waals surface area (Å²) in [5, 5.41) is 28.1. The van der Waals surface area contributed by atoms with Crippen molar-refractivity contribution >= 4 is 17.3 Å². The first-order valence-corrected chi connectivity index (χ1v) is 7.60. The van der Waals surface area contributed by atoms with Crippen molar-refractivity contribution in [3.8, 4) is 17.3 Å². The molecule has 118 valence electrons. The van der Waals surface area contributed by atoms with E-state index in [9.17, 15) is 10.1 Å². The predicted octanol–water partition coefficient (Wildman–Crippen LogP) is 2.67. The fraction of sp³-hybridized carbons (Fsp3) is 0.333. The minimum absolute atomic E-state index is 0.0199. The Morgan fingerprint density at radius 2 is 2.35 bits per heavy atom. The summed E-state index contributed by atoms with van der Waals surface area (Å²) in [5.41, 5.74) is 3.25. The van der Waals surface area contributed by atoms with Crippen LogP contribution in [0.2, 0.25) is 5.02 Å². The number of non-ortho nitro benzene ring substituents is 1. The van der Waals surface area contributed by atoms with E-state index in [1.165, 1.54) is 18.2 Å². The zero-order chi connectivity index (χ0) is 16.4. The SMILES string of the molecule is N#CCCn1nc(-c2cc([N+](=O)[O-])ccc2Cl)c2c1CCNC2. The van der Waals surface area contributed by atoms with Gasteiger partial charge in [0.25, 0.3) is 5.69 Å². The lowest BCUT2D eigenvalue weighted by atomic mass is 10.0. The number of aromatic nitrogens is 2. The zero-order valence-corrected chi connectivity index (χ0v) is 13.0. The molecule has 23 heavy (non-hydrogen) atoms. The Kier molecular flexibility index (Phi) is 4.28. The minimum atomic E-state index is -0.447. The van der Waals surface area contributed by atoms with Gasteiger partial charge in [-0.15, -0.1) is 0 Å². The van der Waals surface area contributed by atoms with Gasteiger partial charge in [0.15, 0.2) is 0 Å². The number of nitrogens with zero attached hydrogens (tertiary/aromatic N) is 4. The molecule has 1 aliphatic rings. The van der Waals surface area contributed by atoms with Gasteiger partial charge in [0.2, 0.25) is 0 Å². The lowest BCUT2D eigenvalue weighted by molar-refractivity contribution is -0.384. The fourth-order valence-corrected chi connectivity index (χ4v) is 2.99. The smallest absolute Gasteiger partial charge is 0.270 e. The van der Waals surface area contributed by atoms with Crippen LogP contribution < -0.4 is 5.32 Å². The molecule has 0 saturated carbocycles. The number of hydrogen-bond donors (Lipinski definition) is 1. The molecular formula is C15H14ClN5O2. The number of rotatable bonds is 4. The Labute approximate surface area is 137 Å². The summed E-state index contributed by atoms with van der Waals surface area (Å²) >= 11 is 6.25. The summed E-state index contributed by atoms with van der Waals surface area (Å²) in [7, 11) is 0. The van der Waals surface area contributed by atoms with Gasteiger partial charge in [0.05, 0.1) is 34.7 Å². The van der Waals surface area contributed by atoms with Gasteiger partial charge in [0.1, 0.15) is 0 Å². The van der Waals surface area contributed by atoms with E-state index in [1.807, 2.05) is 4.68 Å². The molecule has 0 saturated heterocycles. The predicted molar refractivity (Wildman–Crippen MR) is 85.0 cm³/mol. The van der Waals surface area contributed by atoms with Crippen LogP contribution in [0.15, 0.2) is 18.2 Å². The van der Waals surface area contributed by atoms with E-state index in [0.29, 0.717) is 35.8 Å². The molecule has 1 aliphatic heterocycles. The van der Waals surface area contributed by atoms with Crippen LogP contribution in [0.25, 0.3) is 11.3 Å². The molecule has 8 heteroatoms. The summed E-state index contributed by atoms with van der Waals surface area (Å²) < 4.78 is 1.82. The third kappa shape index (κ3) is 2.91. The molecule has 7 nitrogen and oxygen atoms in total. The molecule has 0 unspecified atom stereocenters. The van der Waals surface area contributed by atoms with Crippen molar-refractivity contribution in [3.63, 3.8) is 0 Å². The summed E-state index contributed by atoms with van der Waals surface area (Å²) in [6.07, 6.45) is 1.17. The number of benzene rings is 1. The lowest BCUT2D eigenvalue weighted by Gasteiger charge is -2.15. The largest absolute Gasteiger partial charge is 0.312 e. The third-order valence-electron chi connectivity index (χ3n) is 3.86. The van der Waals surface area contributed by atoms with Crippen LogP contribution in [0.4, 0.5) is 5.69 Å². The monoisotopic (exact) mass is 331 g/mol. The second kappa shape index (κ2) is 6.36. The molecule has 0 radical (unpaired) electrons. The molecule has 1 N–H and O–H groups in total. The first kappa shape index (κ1) is 15.5. The van der Waals surface area contributed by atoms with Gasteiger partial charge in [-0.1, -0.05) is 11.6 Å². The van der Waals surface area contributed by atoms with E-state index >= 15 is 0 Å². The van der Waals surface area contributed by atoms with E-state index in [1.54, 1.807) is 0 Å². The Morgan fingerprint density at radius 1 is 1.52 bits per heavy atom. The van der Waals surface area contributed by atoms with Gasteiger partial charge >= 0.3 is 0 Å². The molecule has 0 spiro atoms. The summed E-state index contributed by atoms with van der Waals surface area (Å²) in [4.78, 5) is 10.6. The molecule has 2 aromatic rings. The molecule has 1 aromatic heterocycles. The van der Waals surface area contributed by atoms with Crippen molar-refractivity contribution in [2.75, 3.05) is 6.54 Å². The van der Waals surface area contributed by atoms with Crippen molar-refractivity contribution in [2.24, 2.45) is 0 Å². The van der Waals surface area contributed by atoms with E-state index in [0.717, 1.165) is 24.2 Å². The van der Waals surface area contributed by atoms with E-state index in [4.69, 9.17) is 16.9 Å². The van der Waals surface area contributed by atoms with Crippen molar-refractivity contribution in [1.82, 2.24) is 15.1 Å². The summed E-state index contributed by atoms with van der Waals surface area (Å²) in [6, 6.07) is 6.47. The van der Waals surface area contributed by atoms with E-state index < -0.39 is 4.92 Å². The second-order valence-electron chi connectivity index (χ2n) is 5.25. The number of nitro groups is 1. The first-order chi connectivity index (χ1) is 11.1. The summed E-state index contributed by atoms with van der Waals surface area (Å²) in [5.74, 6) is 0. The van der Waals surface area contributed by atoms with Crippen molar-refractivity contribution in [3.05, 3.63) is 44.6 Å². The highest BCUT2D eigenvalue weighted by Crippen LogP contribution is 2.35. The average molecular weight is 332 g/mol. The molecule has 1 aromatic carbocycles. The van der Waals surface area contributed by atoms with Gasteiger partial charge in [-0.3, -0.25) is 14.8 Å². The molecule has 0 atom stereocenters. The molecule has 0 fully saturated rings. The van der Waals surface area contributed by atoms with Crippen molar-refractivity contribution in [1.29, 1.82) is 5.26 Å². The number of nitrogens with one attached hydrogen (secondary N) is 1. The van der Waals surface area contributed by atoms with Crippen molar-refractivity contribution < 1.29 is 4.92 Å². The van der Waals surface area contributed by atoms with Crippen LogP contribution in [0, 0.1) is 21.4 Å². The lowest BCUT2D eigenvalue weighted by Crippen LogP contribution is -2.25. The molecular weight excluding hydrogens is 318 g/mol. The Bertz CT molecular complexity index is 809. The molecule has 2 heterocycles. The number of fused-ring (bicyclic) bond motifs is 1. The van der Waals surface area contributed by atoms with E-state index in [2.05, 4.69) is 16.5 Å². The molecule has 0 aliphatic carbocycles. The highest BCUT2D eigenvalue weighted by molar-refractivity contribution is 6.33. The molecule has 0 bridgehead atoms. The van der Waals surface area contributed by atoms with Gasteiger partial charge in [-0.25, -0.2) is 0 Å². The Morgan fingerprint density at radius 3 is 3.09 bits per heavy atom. The maximum atomic E-state index is 11.0. The zero-order valence-electron chi connectivity index (χ0n) is 12.3.